The number of piperazine rings is 1. The molecule has 41 heavy (non-hydrogen) atoms. The van der Waals surface area contributed by atoms with Crippen molar-refractivity contribution in [2.75, 3.05) is 44.3 Å². The van der Waals surface area contributed by atoms with Gasteiger partial charge in [-0.2, -0.15) is 0 Å². The Morgan fingerprint density at radius 1 is 0.854 bits per heavy atom. The summed E-state index contributed by atoms with van der Waals surface area (Å²) in [5, 5.41) is 5.37. The van der Waals surface area contributed by atoms with Crippen molar-refractivity contribution in [1.29, 1.82) is 0 Å². The number of aryl methyl sites for hydroxylation is 1. The highest BCUT2D eigenvalue weighted by Crippen LogP contribution is 2.39. The highest BCUT2D eigenvalue weighted by Gasteiger charge is 2.30. The summed E-state index contributed by atoms with van der Waals surface area (Å²) < 4.78 is 2.36. The van der Waals surface area contributed by atoms with Crippen molar-refractivity contribution >= 4 is 39.4 Å². The number of hydrogen-bond donors (Lipinski definition) is 2. The Morgan fingerprint density at radius 3 is 2.37 bits per heavy atom. The minimum atomic E-state index is 0.415. The number of nitrogen functional groups attached to an aromatic ring is 1. The highest BCUT2D eigenvalue weighted by molar-refractivity contribution is 6.00. The van der Waals surface area contributed by atoms with Crippen LogP contribution in [0.25, 0.3) is 33.1 Å². The van der Waals surface area contributed by atoms with E-state index in [0.29, 0.717) is 23.8 Å². The maximum atomic E-state index is 6.46. The van der Waals surface area contributed by atoms with Gasteiger partial charge >= 0.3 is 0 Å². The number of anilines is 3. The van der Waals surface area contributed by atoms with Gasteiger partial charge < -0.3 is 20.5 Å². The smallest absolute Gasteiger partial charge is 0.228 e. The zero-order valence-corrected chi connectivity index (χ0v) is 23.8. The second kappa shape index (κ2) is 10.7. The first-order chi connectivity index (χ1) is 20.0. The zero-order valence-electron chi connectivity index (χ0n) is 23.8. The van der Waals surface area contributed by atoms with Crippen LogP contribution in [-0.2, 0) is 0 Å². The van der Waals surface area contributed by atoms with Gasteiger partial charge in [-0.25, -0.2) is 19.9 Å². The maximum absolute atomic E-state index is 6.46. The number of hydrogen-bond acceptors (Lipinski definition) is 8. The molecule has 0 spiro atoms. The molecule has 2 aromatic carbocycles. The van der Waals surface area contributed by atoms with E-state index in [4.69, 9.17) is 15.7 Å². The van der Waals surface area contributed by atoms with Crippen LogP contribution in [-0.4, -0.2) is 73.6 Å². The van der Waals surface area contributed by atoms with Gasteiger partial charge in [-0.15, -0.1) is 0 Å². The van der Waals surface area contributed by atoms with E-state index in [0.717, 1.165) is 57.3 Å². The van der Waals surface area contributed by atoms with E-state index in [1.54, 1.807) is 6.33 Å². The molecule has 0 unspecified atom stereocenters. The fourth-order valence-corrected chi connectivity index (χ4v) is 6.65. The van der Waals surface area contributed by atoms with Crippen LogP contribution in [0.4, 0.5) is 17.5 Å². The van der Waals surface area contributed by atoms with Gasteiger partial charge in [0.05, 0.1) is 16.6 Å². The first-order valence-electron chi connectivity index (χ1n) is 14.7. The highest BCUT2D eigenvalue weighted by atomic mass is 15.3. The fourth-order valence-electron chi connectivity index (χ4n) is 6.65. The Hall–Kier alpha value is -4.08. The molecule has 4 heterocycles. The molecule has 1 saturated heterocycles. The van der Waals surface area contributed by atoms with Crippen LogP contribution >= 0.6 is 0 Å². The summed E-state index contributed by atoms with van der Waals surface area (Å²) in [4.78, 5) is 23.6. The molecule has 2 fully saturated rings. The number of benzene rings is 2. The summed E-state index contributed by atoms with van der Waals surface area (Å²) in [6.07, 6.45) is 8.58. The average Bonchev–Trinajstić information content (AvgIpc) is 3.39. The third kappa shape index (κ3) is 5.00. The Morgan fingerprint density at radius 2 is 1.59 bits per heavy atom. The van der Waals surface area contributed by atoms with Crippen LogP contribution in [0.3, 0.4) is 0 Å². The molecule has 1 aliphatic heterocycles. The average molecular weight is 548 g/mol. The van der Waals surface area contributed by atoms with Gasteiger partial charge in [0.15, 0.2) is 0 Å². The molecule has 3 N–H and O–H groups in total. The summed E-state index contributed by atoms with van der Waals surface area (Å²) >= 11 is 0. The largest absolute Gasteiger partial charge is 0.383 e. The van der Waals surface area contributed by atoms with Gasteiger partial charge in [0, 0.05) is 61.1 Å². The lowest BCUT2D eigenvalue weighted by molar-refractivity contribution is 0.0828. The molecule has 1 aliphatic carbocycles. The van der Waals surface area contributed by atoms with E-state index >= 15 is 0 Å². The molecule has 0 bridgehead atoms. The predicted octanol–water partition coefficient (Wildman–Crippen LogP) is 5.41. The van der Waals surface area contributed by atoms with Gasteiger partial charge in [0.1, 0.15) is 17.8 Å². The molecule has 210 valence electrons. The van der Waals surface area contributed by atoms with Crippen LogP contribution in [0, 0.1) is 6.92 Å². The van der Waals surface area contributed by atoms with E-state index in [9.17, 15) is 0 Å². The third-order valence-electron chi connectivity index (χ3n) is 9.00. The SMILES string of the molecule is Cc1nc(Nc2ccc(-c3cn([C@H]4CC[C@H](N5CCN(C)CC5)CC4)c4ncnc(N)c34)cc2)nc2ccccc12. The van der Waals surface area contributed by atoms with E-state index in [1.165, 1.54) is 39.0 Å². The number of rotatable bonds is 5. The Labute approximate surface area is 240 Å². The molecule has 9 nitrogen and oxygen atoms in total. The Bertz CT molecular complexity index is 1680. The standard InChI is InChI=1S/C32H37N9/c1-21-26-5-3-4-6-28(26)38-32(36-21)37-23-9-7-22(8-10-23)27-19-41(31-29(27)30(33)34-20-35-31)25-13-11-24(12-14-25)40-17-15-39(2)16-18-40/h3-10,19-20,24-25H,11-18H2,1-2H3,(H2,33,34,35)(H,36,37,38)/t24-,25-. The van der Waals surface area contributed by atoms with Crippen LogP contribution in [0.2, 0.25) is 0 Å². The van der Waals surface area contributed by atoms with Crippen molar-refractivity contribution in [2.24, 2.45) is 0 Å². The van der Waals surface area contributed by atoms with Crippen molar-refractivity contribution in [3.63, 3.8) is 0 Å². The van der Waals surface area contributed by atoms with Gasteiger partial charge in [0.2, 0.25) is 5.95 Å². The van der Waals surface area contributed by atoms with E-state index in [1.807, 2.05) is 31.2 Å². The Kier molecular flexibility index (Phi) is 6.76. The minimum Gasteiger partial charge on any atom is -0.383 e. The minimum absolute atomic E-state index is 0.415. The molecule has 7 rings (SSSR count). The molecule has 2 aliphatic rings. The van der Waals surface area contributed by atoms with Crippen molar-refractivity contribution in [2.45, 2.75) is 44.7 Å². The number of fused-ring (bicyclic) bond motifs is 2. The lowest BCUT2D eigenvalue weighted by Crippen LogP contribution is -2.49. The lowest BCUT2D eigenvalue weighted by Gasteiger charge is -2.41. The number of nitrogens with one attached hydrogen (secondary N) is 1. The van der Waals surface area contributed by atoms with Crippen LogP contribution < -0.4 is 11.1 Å². The van der Waals surface area contributed by atoms with Gasteiger partial charge in [-0.3, -0.25) is 4.90 Å². The first-order valence-corrected chi connectivity index (χ1v) is 14.7. The number of aromatic nitrogens is 5. The van der Waals surface area contributed by atoms with Crippen LogP contribution in [0.5, 0.6) is 0 Å². The summed E-state index contributed by atoms with van der Waals surface area (Å²) in [7, 11) is 2.22. The quantitative estimate of drug-likeness (QED) is 0.301. The van der Waals surface area contributed by atoms with E-state index in [2.05, 4.69) is 67.2 Å². The Balaban J connectivity index is 1.13. The zero-order chi connectivity index (χ0) is 27.9. The number of nitrogens with two attached hydrogens (primary N) is 1. The summed E-state index contributed by atoms with van der Waals surface area (Å²) in [6.45, 7) is 6.72. The second-order valence-corrected chi connectivity index (χ2v) is 11.6. The number of nitrogens with zero attached hydrogens (tertiary/aromatic N) is 7. The molecular formula is C32H37N9. The lowest BCUT2D eigenvalue weighted by atomic mass is 9.89. The van der Waals surface area contributed by atoms with Crippen LogP contribution in [0.1, 0.15) is 37.4 Å². The van der Waals surface area contributed by atoms with Gasteiger partial charge in [-0.1, -0.05) is 30.3 Å². The molecule has 0 atom stereocenters. The third-order valence-corrected chi connectivity index (χ3v) is 9.00. The number of para-hydroxylation sites is 1. The second-order valence-electron chi connectivity index (χ2n) is 11.6. The number of likely N-dealkylation sites (N-methyl/N-ethyl adjacent to an activating group) is 1. The van der Waals surface area contributed by atoms with Crippen molar-refractivity contribution in [1.82, 2.24) is 34.3 Å². The van der Waals surface area contributed by atoms with Crippen molar-refractivity contribution < 1.29 is 0 Å². The normalized spacial score (nSPS) is 20.5. The van der Waals surface area contributed by atoms with E-state index in [-0.39, 0.29) is 0 Å². The van der Waals surface area contributed by atoms with Gasteiger partial charge in [-0.05, 0) is 63.4 Å². The molecule has 0 amide bonds. The monoisotopic (exact) mass is 547 g/mol. The topological polar surface area (TPSA) is 101 Å². The first kappa shape index (κ1) is 25.9. The molecule has 0 radical (unpaired) electrons. The molecule has 9 heteroatoms. The maximum Gasteiger partial charge on any atom is 0.228 e. The fraction of sp³-hybridized carbons (Fsp3) is 0.375. The molecule has 5 aromatic rings. The summed E-state index contributed by atoms with van der Waals surface area (Å²) in [5.41, 5.74) is 12.4. The van der Waals surface area contributed by atoms with E-state index < -0.39 is 0 Å². The van der Waals surface area contributed by atoms with Crippen LogP contribution in [0.15, 0.2) is 61.1 Å². The molecular weight excluding hydrogens is 510 g/mol. The molecule has 1 saturated carbocycles. The van der Waals surface area contributed by atoms with Gasteiger partial charge in [0.25, 0.3) is 0 Å². The summed E-state index contributed by atoms with van der Waals surface area (Å²) in [6, 6.07) is 17.5. The molecule has 3 aromatic heterocycles. The van der Waals surface area contributed by atoms with Crippen molar-refractivity contribution in [3.05, 3.63) is 66.7 Å². The predicted molar refractivity (Wildman–Crippen MR) is 165 cm³/mol. The summed E-state index contributed by atoms with van der Waals surface area (Å²) in [5.74, 6) is 1.12. The van der Waals surface area contributed by atoms with Crippen molar-refractivity contribution in [3.8, 4) is 11.1 Å².